The van der Waals surface area contributed by atoms with Crippen LogP contribution in [0, 0.1) is 6.67 Å². The monoisotopic (exact) mass is 304 g/mol. The zero-order chi connectivity index (χ0) is 15.4. The molecule has 22 heavy (non-hydrogen) atoms. The lowest BCUT2D eigenvalue weighted by molar-refractivity contribution is -0.140. The highest BCUT2D eigenvalue weighted by Gasteiger charge is 2.34. The first-order valence-electron chi connectivity index (χ1n) is 8.89. The molecule has 3 aliphatic rings. The van der Waals surface area contributed by atoms with Gasteiger partial charge in [-0.25, -0.2) is 0 Å². The van der Waals surface area contributed by atoms with Gasteiger partial charge in [0.2, 0.25) is 6.67 Å². The summed E-state index contributed by atoms with van der Waals surface area (Å²) in [5.41, 5.74) is 1.07. The SMILES string of the molecule is COC(=O)CC1=CN(C2CCCCC2)[C]N1C1CCCCC1. The van der Waals surface area contributed by atoms with Crippen LogP contribution in [0.25, 0.3) is 0 Å². The molecule has 3 rings (SSSR count). The third-order valence-electron chi connectivity index (χ3n) is 5.28. The van der Waals surface area contributed by atoms with Crippen LogP contribution >= 0.6 is 0 Å². The van der Waals surface area contributed by atoms with Crippen molar-refractivity contribution in [2.45, 2.75) is 82.7 Å². The average Bonchev–Trinajstić information content (AvgIpc) is 3.00. The summed E-state index contributed by atoms with van der Waals surface area (Å²) in [5, 5.41) is 0. The van der Waals surface area contributed by atoms with Crippen LogP contribution in [0.15, 0.2) is 11.9 Å². The van der Waals surface area contributed by atoms with Crippen LogP contribution < -0.4 is 0 Å². The van der Waals surface area contributed by atoms with Crippen LogP contribution in [0.1, 0.15) is 70.6 Å². The molecule has 122 valence electrons. The molecule has 0 spiro atoms. The van der Waals surface area contributed by atoms with Crippen LogP contribution in [0.4, 0.5) is 0 Å². The number of hydrogen-bond acceptors (Lipinski definition) is 4. The maximum absolute atomic E-state index is 11.7. The third-order valence-corrected chi connectivity index (χ3v) is 5.28. The molecule has 0 atom stereocenters. The summed E-state index contributed by atoms with van der Waals surface area (Å²) in [5.74, 6) is -0.153. The van der Waals surface area contributed by atoms with Gasteiger partial charge in [0.25, 0.3) is 0 Å². The predicted molar refractivity (Wildman–Crippen MR) is 85.4 cm³/mol. The molecule has 0 N–H and O–H groups in total. The topological polar surface area (TPSA) is 32.8 Å². The molecule has 0 bridgehead atoms. The third kappa shape index (κ3) is 3.58. The minimum Gasteiger partial charge on any atom is -0.469 e. The molecule has 1 aliphatic heterocycles. The highest BCUT2D eigenvalue weighted by molar-refractivity contribution is 5.72. The number of esters is 1. The molecule has 0 saturated heterocycles. The minimum absolute atomic E-state index is 0.153. The molecular weight excluding hydrogens is 276 g/mol. The van der Waals surface area contributed by atoms with Gasteiger partial charge < -0.3 is 14.5 Å². The Bertz CT molecular complexity index is 409. The van der Waals surface area contributed by atoms with E-state index in [-0.39, 0.29) is 5.97 Å². The van der Waals surface area contributed by atoms with Gasteiger partial charge >= 0.3 is 5.97 Å². The fourth-order valence-electron chi connectivity index (χ4n) is 3.99. The molecule has 2 fully saturated rings. The first-order valence-corrected chi connectivity index (χ1v) is 8.89. The number of nitrogens with zero attached hydrogens (tertiary/aromatic N) is 2. The van der Waals surface area contributed by atoms with E-state index in [0.717, 1.165) is 5.70 Å². The highest BCUT2D eigenvalue weighted by atomic mass is 16.5. The summed E-state index contributed by atoms with van der Waals surface area (Å²) in [6.07, 6.45) is 15.3. The molecule has 0 aromatic carbocycles. The van der Waals surface area contributed by atoms with E-state index < -0.39 is 0 Å². The van der Waals surface area contributed by atoms with Gasteiger partial charge in [-0.1, -0.05) is 38.5 Å². The van der Waals surface area contributed by atoms with E-state index in [9.17, 15) is 4.79 Å². The first-order chi connectivity index (χ1) is 10.8. The van der Waals surface area contributed by atoms with Gasteiger partial charge in [0, 0.05) is 24.0 Å². The summed E-state index contributed by atoms with van der Waals surface area (Å²) in [6.45, 7) is 3.58. The van der Waals surface area contributed by atoms with E-state index in [1.165, 1.54) is 71.3 Å². The van der Waals surface area contributed by atoms with E-state index in [0.29, 0.717) is 18.5 Å². The largest absolute Gasteiger partial charge is 0.469 e. The van der Waals surface area contributed by atoms with Crippen LogP contribution in [-0.2, 0) is 9.53 Å². The quantitative estimate of drug-likeness (QED) is 0.742. The minimum atomic E-state index is -0.153. The van der Waals surface area contributed by atoms with E-state index in [1.54, 1.807) is 0 Å². The van der Waals surface area contributed by atoms with Crippen LogP contribution in [-0.4, -0.2) is 35.0 Å². The lowest BCUT2D eigenvalue weighted by Gasteiger charge is -2.35. The number of methoxy groups -OCH3 is 1. The van der Waals surface area contributed by atoms with Gasteiger partial charge in [0.15, 0.2) is 0 Å². The number of ether oxygens (including phenoxy) is 1. The van der Waals surface area contributed by atoms with E-state index in [4.69, 9.17) is 4.74 Å². The Balaban J connectivity index is 1.70. The zero-order valence-electron chi connectivity index (χ0n) is 13.7. The molecule has 2 saturated carbocycles. The summed E-state index contributed by atoms with van der Waals surface area (Å²) in [6, 6.07) is 1.08. The number of hydrogen-bond donors (Lipinski definition) is 0. The van der Waals surface area contributed by atoms with Crippen molar-refractivity contribution >= 4 is 5.97 Å². The Morgan fingerprint density at radius 1 is 1.09 bits per heavy atom. The van der Waals surface area contributed by atoms with Gasteiger partial charge in [0.05, 0.1) is 13.5 Å². The fourth-order valence-corrected chi connectivity index (χ4v) is 3.99. The van der Waals surface area contributed by atoms with Crippen molar-refractivity contribution < 1.29 is 9.53 Å². The first kappa shape index (κ1) is 15.7. The van der Waals surface area contributed by atoms with Crippen LogP contribution in [0.2, 0.25) is 0 Å². The summed E-state index contributed by atoms with van der Waals surface area (Å²) < 4.78 is 4.88. The molecule has 2 radical (unpaired) electrons. The molecule has 2 aliphatic carbocycles. The highest BCUT2D eigenvalue weighted by Crippen LogP contribution is 2.35. The van der Waals surface area contributed by atoms with E-state index >= 15 is 0 Å². The van der Waals surface area contributed by atoms with E-state index in [2.05, 4.69) is 22.7 Å². The van der Waals surface area contributed by atoms with Crippen LogP contribution in [0.3, 0.4) is 0 Å². The summed E-state index contributed by atoms with van der Waals surface area (Å²) >= 11 is 0. The smallest absolute Gasteiger partial charge is 0.311 e. The molecule has 0 aromatic heterocycles. The average molecular weight is 304 g/mol. The van der Waals surface area contributed by atoms with Crippen molar-refractivity contribution in [3.8, 4) is 0 Å². The van der Waals surface area contributed by atoms with Gasteiger partial charge in [-0.15, -0.1) is 0 Å². The lowest BCUT2D eigenvalue weighted by Crippen LogP contribution is -2.37. The number of carbonyl (C=O) groups is 1. The fraction of sp³-hybridized carbons (Fsp3) is 0.778. The van der Waals surface area contributed by atoms with Gasteiger partial charge in [0.1, 0.15) is 0 Å². The Labute approximate surface area is 134 Å². The van der Waals surface area contributed by atoms with Gasteiger partial charge in [-0.05, 0) is 25.7 Å². The molecule has 4 heteroatoms. The molecule has 0 aromatic rings. The normalized spacial score (nSPS) is 24.5. The number of rotatable bonds is 4. The Morgan fingerprint density at radius 2 is 1.68 bits per heavy atom. The molecule has 1 heterocycles. The Hall–Kier alpha value is -1.19. The van der Waals surface area contributed by atoms with E-state index in [1.807, 2.05) is 0 Å². The Morgan fingerprint density at radius 3 is 2.27 bits per heavy atom. The summed E-state index contributed by atoms with van der Waals surface area (Å²) in [7, 11) is 1.47. The summed E-state index contributed by atoms with van der Waals surface area (Å²) in [4.78, 5) is 16.3. The second-order valence-electron chi connectivity index (χ2n) is 6.83. The van der Waals surface area contributed by atoms with Crippen molar-refractivity contribution in [2.75, 3.05) is 7.11 Å². The predicted octanol–water partition coefficient (Wildman–Crippen LogP) is 3.67. The van der Waals surface area contributed by atoms with Crippen molar-refractivity contribution in [1.82, 2.24) is 9.80 Å². The molecule has 4 nitrogen and oxygen atoms in total. The van der Waals surface area contributed by atoms with Gasteiger partial charge in [-0.3, -0.25) is 4.79 Å². The van der Waals surface area contributed by atoms with Crippen molar-refractivity contribution in [2.24, 2.45) is 0 Å². The van der Waals surface area contributed by atoms with Crippen molar-refractivity contribution in [1.29, 1.82) is 0 Å². The molecular formula is C18H28N2O2. The second-order valence-corrected chi connectivity index (χ2v) is 6.83. The maximum Gasteiger partial charge on any atom is 0.311 e. The lowest BCUT2D eigenvalue weighted by atomic mass is 9.94. The Kier molecular flexibility index (Phi) is 5.27. The number of carbonyl (C=O) groups excluding carboxylic acids is 1. The van der Waals surface area contributed by atoms with Crippen molar-refractivity contribution in [3.05, 3.63) is 18.6 Å². The van der Waals surface area contributed by atoms with Crippen LogP contribution in [0.5, 0.6) is 0 Å². The molecule has 0 amide bonds. The maximum atomic E-state index is 11.7. The zero-order valence-corrected chi connectivity index (χ0v) is 13.7. The second kappa shape index (κ2) is 7.38. The molecule has 0 unspecified atom stereocenters. The van der Waals surface area contributed by atoms with Gasteiger partial charge in [-0.2, -0.15) is 0 Å². The standard InChI is InChI=1S/C18H28N2O2/c1-22-18(21)12-17-13-19(15-8-4-2-5-9-15)14-20(17)16-10-6-3-7-11-16/h13,15-16H,2-12H2,1H3. The van der Waals surface area contributed by atoms with Crippen molar-refractivity contribution in [3.63, 3.8) is 0 Å².